The van der Waals surface area contributed by atoms with E-state index in [0.717, 1.165) is 49.0 Å². The summed E-state index contributed by atoms with van der Waals surface area (Å²) in [6.07, 6.45) is 2.25. The van der Waals surface area contributed by atoms with Crippen LogP contribution in [0.4, 0.5) is 0 Å². The number of carbonyl (C=O) groups is 3. The molecule has 5 heterocycles. The van der Waals surface area contributed by atoms with Crippen LogP contribution in [0, 0.1) is 5.41 Å². The zero-order valence-corrected chi connectivity index (χ0v) is 15.9. The number of piperidine rings is 3. The van der Waals surface area contributed by atoms with Crippen LogP contribution in [0.2, 0.25) is 0 Å². The maximum atomic E-state index is 12.0. The maximum Gasteiger partial charge on any atom is 0.248 e. The Balaban J connectivity index is 0.00000196. The summed E-state index contributed by atoms with van der Waals surface area (Å²) in [5.41, 5.74) is 11.8. The summed E-state index contributed by atoms with van der Waals surface area (Å²) in [5.74, 6) is -1.32. The average molecular weight is 403 g/mol. The van der Waals surface area contributed by atoms with E-state index in [2.05, 4.69) is 0 Å². The van der Waals surface area contributed by atoms with Crippen molar-refractivity contribution in [3.8, 4) is 0 Å². The number of halogens is 1. The van der Waals surface area contributed by atoms with E-state index in [-0.39, 0.29) is 40.7 Å². The van der Waals surface area contributed by atoms with E-state index in [1.165, 1.54) is 16.7 Å². The van der Waals surface area contributed by atoms with Gasteiger partial charge in [0.25, 0.3) is 0 Å². The van der Waals surface area contributed by atoms with Gasteiger partial charge in [0, 0.05) is 30.6 Å². The third kappa shape index (κ3) is 2.64. The van der Waals surface area contributed by atoms with Gasteiger partial charge >= 0.3 is 0 Å². The summed E-state index contributed by atoms with van der Waals surface area (Å²) in [6.45, 7) is 3.02. The highest BCUT2D eigenvalue weighted by Gasteiger charge is 2.54. The van der Waals surface area contributed by atoms with Crippen molar-refractivity contribution in [3.63, 3.8) is 0 Å². The van der Waals surface area contributed by atoms with Crippen molar-refractivity contribution in [1.82, 2.24) is 4.90 Å². The molecule has 26 heavy (non-hydrogen) atoms. The number of hydrogen-bond donors (Lipinski definition) is 2. The lowest BCUT2D eigenvalue weighted by Crippen LogP contribution is -2.70. The number of rotatable bonds is 4. The lowest BCUT2D eigenvalue weighted by atomic mass is 9.70. The first-order valence-electron chi connectivity index (χ1n) is 8.57. The predicted molar refractivity (Wildman–Crippen MR) is 95.6 cm³/mol. The highest BCUT2D eigenvalue weighted by molar-refractivity contribution is 8.00. The summed E-state index contributed by atoms with van der Waals surface area (Å²) in [5, 5.41) is 11.4. The van der Waals surface area contributed by atoms with Crippen LogP contribution in [0.15, 0.2) is 11.3 Å². The first-order valence-corrected chi connectivity index (χ1v) is 9.62. The number of quaternary nitrogens is 1. The van der Waals surface area contributed by atoms with E-state index in [1.54, 1.807) is 0 Å². The minimum atomic E-state index is -1.31. The van der Waals surface area contributed by atoms with Crippen molar-refractivity contribution in [3.05, 3.63) is 11.3 Å². The molecule has 0 aromatic rings. The number of nitrogens with zero attached hydrogens (tertiary/aromatic N) is 2. The number of hydrogen-bond acceptors (Lipinski definition) is 6. The summed E-state index contributed by atoms with van der Waals surface area (Å²) in [4.78, 5) is 36.8. The summed E-state index contributed by atoms with van der Waals surface area (Å²) < 4.78 is 0.764. The SMILES string of the molecule is Cl.NC(=O)C12CC[N+](CC3=C(C(=O)[O-])N4C(=O)[C@@H](N)[C@H]4SC3)(CC1)CC2. The number of primary amides is 1. The number of thioether (sulfide) groups is 1. The van der Waals surface area contributed by atoms with E-state index in [9.17, 15) is 19.5 Å². The van der Waals surface area contributed by atoms with Gasteiger partial charge in [0.15, 0.2) is 0 Å². The molecule has 5 aliphatic rings. The van der Waals surface area contributed by atoms with Gasteiger partial charge in [-0.25, -0.2) is 0 Å². The minimum absolute atomic E-state index is 0. The Morgan fingerprint density at radius 1 is 1.27 bits per heavy atom. The molecule has 0 aromatic heterocycles. The Kier molecular flexibility index (Phi) is 4.79. The third-order valence-electron chi connectivity index (χ3n) is 6.52. The Morgan fingerprint density at radius 3 is 2.35 bits per heavy atom. The lowest BCUT2D eigenvalue weighted by Gasteiger charge is -2.55. The number of nitrogens with two attached hydrogens (primary N) is 2. The first kappa shape index (κ1) is 19.5. The topological polar surface area (TPSA) is 130 Å². The molecule has 8 nitrogen and oxygen atoms in total. The van der Waals surface area contributed by atoms with Gasteiger partial charge in [-0.15, -0.1) is 24.2 Å². The molecule has 0 spiro atoms. The number of carboxylic acids is 1. The van der Waals surface area contributed by atoms with Gasteiger partial charge in [-0.1, -0.05) is 0 Å². The molecule has 0 saturated carbocycles. The Bertz CT molecular complexity index is 688. The van der Waals surface area contributed by atoms with Gasteiger partial charge in [0.1, 0.15) is 18.0 Å². The van der Waals surface area contributed by atoms with Crippen LogP contribution in [0.1, 0.15) is 19.3 Å². The van der Waals surface area contributed by atoms with Gasteiger partial charge in [0.2, 0.25) is 11.8 Å². The molecule has 0 unspecified atom stereocenters. The molecule has 2 atom stereocenters. The van der Waals surface area contributed by atoms with Crippen LogP contribution in [-0.2, 0) is 14.4 Å². The number of carboxylic acid groups (broad SMARTS) is 1. The number of β-lactam (4-membered cyclic amide) rings is 1. The zero-order valence-electron chi connectivity index (χ0n) is 14.3. The fourth-order valence-electron chi connectivity index (χ4n) is 4.77. The van der Waals surface area contributed by atoms with Crippen LogP contribution in [-0.4, -0.2) is 70.5 Å². The van der Waals surface area contributed by atoms with Crippen molar-refractivity contribution >= 4 is 42.0 Å². The van der Waals surface area contributed by atoms with Crippen LogP contribution in [0.5, 0.6) is 0 Å². The molecule has 2 amide bonds. The van der Waals surface area contributed by atoms with Crippen LogP contribution >= 0.6 is 24.2 Å². The molecular formula is C16H23ClN4O4S. The highest BCUT2D eigenvalue weighted by atomic mass is 35.5. The maximum absolute atomic E-state index is 12.0. The van der Waals surface area contributed by atoms with Crippen molar-refractivity contribution in [2.24, 2.45) is 16.9 Å². The number of fused-ring (bicyclic) bond motifs is 4. The van der Waals surface area contributed by atoms with Crippen molar-refractivity contribution in [2.45, 2.75) is 30.7 Å². The molecule has 0 aromatic carbocycles. The van der Waals surface area contributed by atoms with Crippen molar-refractivity contribution in [2.75, 3.05) is 31.9 Å². The Hall–Kier alpha value is -1.29. The third-order valence-corrected chi connectivity index (χ3v) is 7.89. The molecule has 144 valence electrons. The Labute approximate surface area is 161 Å². The number of aliphatic carboxylic acids is 1. The quantitative estimate of drug-likeness (QED) is 0.419. The van der Waals surface area contributed by atoms with Crippen molar-refractivity contribution < 1.29 is 24.0 Å². The Morgan fingerprint density at radius 2 is 1.85 bits per heavy atom. The molecule has 5 aliphatic heterocycles. The summed E-state index contributed by atoms with van der Waals surface area (Å²) in [6, 6.07) is -0.630. The largest absolute Gasteiger partial charge is 0.543 e. The fraction of sp³-hybridized carbons (Fsp3) is 0.688. The number of amides is 2. The second kappa shape index (κ2) is 6.40. The second-order valence-corrected chi connectivity index (χ2v) is 8.85. The average Bonchev–Trinajstić information content (AvgIpc) is 2.61. The van der Waals surface area contributed by atoms with E-state index in [4.69, 9.17) is 11.5 Å². The molecule has 4 N–H and O–H groups in total. The number of carbonyl (C=O) groups excluding carboxylic acids is 3. The van der Waals surface area contributed by atoms with Gasteiger partial charge in [-0.2, -0.15) is 0 Å². The smallest absolute Gasteiger partial charge is 0.248 e. The first-order chi connectivity index (χ1) is 11.8. The molecule has 4 fully saturated rings. The summed E-state index contributed by atoms with van der Waals surface area (Å²) in [7, 11) is 0. The van der Waals surface area contributed by atoms with E-state index >= 15 is 0 Å². The van der Waals surface area contributed by atoms with Gasteiger partial charge < -0.3 is 25.9 Å². The molecule has 4 saturated heterocycles. The minimum Gasteiger partial charge on any atom is -0.543 e. The lowest BCUT2D eigenvalue weighted by molar-refractivity contribution is -0.940. The van der Waals surface area contributed by atoms with Crippen molar-refractivity contribution in [1.29, 1.82) is 0 Å². The highest BCUT2D eigenvalue weighted by Crippen LogP contribution is 2.46. The van der Waals surface area contributed by atoms with Gasteiger partial charge in [-0.3, -0.25) is 14.5 Å². The molecule has 0 radical (unpaired) electrons. The van der Waals surface area contributed by atoms with E-state index < -0.39 is 12.0 Å². The fourth-order valence-corrected chi connectivity index (χ4v) is 6.05. The van der Waals surface area contributed by atoms with Crippen LogP contribution in [0.25, 0.3) is 0 Å². The monoisotopic (exact) mass is 402 g/mol. The predicted octanol–water partition coefficient (Wildman–Crippen LogP) is -1.86. The van der Waals surface area contributed by atoms with E-state index in [0.29, 0.717) is 12.3 Å². The molecule has 2 bridgehead atoms. The van der Waals surface area contributed by atoms with Crippen LogP contribution in [0.3, 0.4) is 0 Å². The second-order valence-electron chi connectivity index (χ2n) is 7.74. The van der Waals surface area contributed by atoms with Gasteiger partial charge in [0.05, 0.1) is 36.7 Å². The normalized spacial score (nSPS) is 38.3. The van der Waals surface area contributed by atoms with E-state index in [1.807, 2.05) is 0 Å². The molecule has 0 aliphatic carbocycles. The molecule has 5 rings (SSSR count). The standard InChI is InChI=1S/C16H22N4O4S.ClH/c17-10-12(21)19-11(14(22)23)9(8-25-13(10)19)7-20-4-1-16(2-5-20,3-6-20)15(18)24;/h10,13H,1-8,17H2,(H2-,18,22,23,24);1H/t10-,13-,16?,20?;/m1./s1. The molecular weight excluding hydrogens is 380 g/mol. The molecule has 10 heteroatoms. The van der Waals surface area contributed by atoms with Gasteiger partial charge in [-0.05, 0) is 0 Å². The zero-order chi connectivity index (χ0) is 18.0. The van der Waals surface area contributed by atoms with Crippen LogP contribution < -0.4 is 16.6 Å². The summed E-state index contributed by atoms with van der Waals surface area (Å²) >= 11 is 1.52.